The van der Waals surface area contributed by atoms with Gasteiger partial charge in [0.2, 0.25) is 0 Å². The van der Waals surface area contributed by atoms with E-state index in [1.54, 1.807) is 0 Å². The molecule has 2 heteroatoms. The zero-order chi connectivity index (χ0) is 11.7. The molecule has 0 aliphatic carbocycles. The Labute approximate surface area is 101 Å². The van der Waals surface area contributed by atoms with Crippen molar-refractivity contribution in [2.45, 2.75) is 12.8 Å². The molecule has 86 valence electrons. The van der Waals surface area contributed by atoms with Crippen molar-refractivity contribution < 1.29 is 4.39 Å². The third-order valence-electron chi connectivity index (χ3n) is 3.25. The molecule has 2 aromatic rings. The Morgan fingerprint density at radius 1 is 0.941 bits per heavy atom. The lowest BCUT2D eigenvalue weighted by atomic mass is 10.0. The summed E-state index contributed by atoms with van der Waals surface area (Å²) in [7, 11) is 0. The molecule has 0 amide bonds. The van der Waals surface area contributed by atoms with E-state index >= 15 is 0 Å². The predicted molar refractivity (Wildman–Crippen MR) is 68.2 cm³/mol. The normalized spacial score (nSPS) is 14.5. The van der Waals surface area contributed by atoms with Crippen LogP contribution >= 0.6 is 0 Å². The van der Waals surface area contributed by atoms with Crippen molar-refractivity contribution in [3.05, 3.63) is 59.9 Å². The van der Waals surface area contributed by atoms with Crippen molar-refractivity contribution in [3.8, 4) is 0 Å². The minimum absolute atomic E-state index is 0.181. The molecular formula is C15H14FN. The van der Waals surface area contributed by atoms with Crippen LogP contribution in [0.1, 0.15) is 12.0 Å². The fraction of sp³-hybridized carbons (Fsp3) is 0.200. The van der Waals surface area contributed by atoms with Gasteiger partial charge in [-0.05, 0) is 48.7 Å². The fourth-order valence-electron chi connectivity index (χ4n) is 2.42. The molecule has 3 rings (SSSR count). The van der Waals surface area contributed by atoms with E-state index in [9.17, 15) is 4.39 Å². The number of rotatable bonds is 1. The SMILES string of the molecule is Fc1ccc(N2CCCc3ccccc32)cc1. The molecular weight excluding hydrogens is 213 g/mol. The molecule has 0 N–H and O–H groups in total. The highest BCUT2D eigenvalue weighted by Gasteiger charge is 2.17. The van der Waals surface area contributed by atoms with E-state index < -0.39 is 0 Å². The molecule has 0 atom stereocenters. The maximum atomic E-state index is 12.9. The van der Waals surface area contributed by atoms with Crippen LogP contribution in [0.5, 0.6) is 0 Å². The topological polar surface area (TPSA) is 3.24 Å². The molecule has 0 radical (unpaired) electrons. The predicted octanol–water partition coefficient (Wildman–Crippen LogP) is 3.91. The van der Waals surface area contributed by atoms with Gasteiger partial charge in [-0.25, -0.2) is 4.39 Å². The number of para-hydroxylation sites is 1. The van der Waals surface area contributed by atoms with Crippen molar-refractivity contribution in [2.75, 3.05) is 11.4 Å². The van der Waals surface area contributed by atoms with Gasteiger partial charge in [0.15, 0.2) is 0 Å². The van der Waals surface area contributed by atoms with Crippen molar-refractivity contribution in [2.24, 2.45) is 0 Å². The molecule has 2 aromatic carbocycles. The lowest BCUT2D eigenvalue weighted by Gasteiger charge is -2.31. The van der Waals surface area contributed by atoms with Crippen LogP contribution in [-0.2, 0) is 6.42 Å². The minimum atomic E-state index is -0.181. The van der Waals surface area contributed by atoms with Gasteiger partial charge in [0.1, 0.15) is 5.82 Å². The average molecular weight is 227 g/mol. The summed E-state index contributed by atoms with van der Waals surface area (Å²) in [6.07, 6.45) is 2.28. The molecule has 0 aromatic heterocycles. The van der Waals surface area contributed by atoms with Gasteiger partial charge in [-0.15, -0.1) is 0 Å². The molecule has 1 heterocycles. The molecule has 0 spiro atoms. The summed E-state index contributed by atoms with van der Waals surface area (Å²) in [6, 6.07) is 15.2. The fourth-order valence-corrected chi connectivity index (χ4v) is 2.42. The first-order chi connectivity index (χ1) is 8.34. The molecule has 0 saturated heterocycles. The Bertz CT molecular complexity index is 519. The largest absolute Gasteiger partial charge is 0.341 e. The molecule has 0 saturated carbocycles. The summed E-state index contributed by atoms with van der Waals surface area (Å²) < 4.78 is 12.9. The second-order valence-corrected chi connectivity index (χ2v) is 4.36. The van der Waals surface area contributed by atoms with Crippen LogP contribution < -0.4 is 4.90 Å². The standard InChI is InChI=1S/C15H14FN/c16-13-7-9-14(10-8-13)17-11-3-5-12-4-1-2-6-15(12)17/h1-2,4,6-10H,3,5,11H2. The van der Waals surface area contributed by atoms with Crippen LogP contribution in [0.2, 0.25) is 0 Å². The highest BCUT2D eigenvalue weighted by Crippen LogP contribution is 2.32. The number of anilines is 2. The number of aryl methyl sites for hydroxylation is 1. The summed E-state index contributed by atoms with van der Waals surface area (Å²) in [6.45, 7) is 1.00. The third kappa shape index (κ3) is 1.91. The summed E-state index contributed by atoms with van der Waals surface area (Å²) in [5.74, 6) is -0.181. The highest BCUT2D eigenvalue weighted by molar-refractivity contribution is 5.67. The molecule has 1 aliphatic heterocycles. The van der Waals surface area contributed by atoms with Crippen LogP contribution in [0, 0.1) is 5.82 Å². The minimum Gasteiger partial charge on any atom is -0.341 e. The number of hydrogen-bond donors (Lipinski definition) is 0. The van der Waals surface area contributed by atoms with E-state index in [-0.39, 0.29) is 5.82 Å². The van der Waals surface area contributed by atoms with Gasteiger partial charge in [0, 0.05) is 17.9 Å². The Morgan fingerprint density at radius 2 is 1.71 bits per heavy atom. The average Bonchev–Trinajstić information content (AvgIpc) is 2.39. The van der Waals surface area contributed by atoms with Gasteiger partial charge in [-0.3, -0.25) is 0 Å². The maximum absolute atomic E-state index is 12.9. The van der Waals surface area contributed by atoms with E-state index in [0.717, 1.165) is 25.1 Å². The van der Waals surface area contributed by atoms with E-state index in [1.807, 2.05) is 12.1 Å². The van der Waals surface area contributed by atoms with Crippen LogP contribution in [0.4, 0.5) is 15.8 Å². The van der Waals surface area contributed by atoms with Crippen LogP contribution in [0.25, 0.3) is 0 Å². The highest BCUT2D eigenvalue weighted by atomic mass is 19.1. The number of halogens is 1. The summed E-state index contributed by atoms with van der Waals surface area (Å²) in [4.78, 5) is 2.26. The van der Waals surface area contributed by atoms with Crippen molar-refractivity contribution >= 4 is 11.4 Å². The number of fused-ring (bicyclic) bond motifs is 1. The van der Waals surface area contributed by atoms with Gasteiger partial charge in [-0.2, -0.15) is 0 Å². The van der Waals surface area contributed by atoms with Gasteiger partial charge in [-0.1, -0.05) is 18.2 Å². The molecule has 0 unspecified atom stereocenters. The summed E-state index contributed by atoms with van der Waals surface area (Å²) in [5.41, 5.74) is 3.70. The monoisotopic (exact) mass is 227 g/mol. The van der Waals surface area contributed by atoms with Crippen molar-refractivity contribution in [3.63, 3.8) is 0 Å². The zero-order valence-corrected chi connectivity index (χ0v) is 9.57. The van der Waals surface area contributed by atoms with E-state index in [4.69, 9.17) is 0 Å². The lowest BCUT2D eigenvalue weighted by Crippen LogP contribution is -2.24. The van der Waals surface area contributed by atoms with Gasteiger partial charge >= 0.3 is 0 Å². The van der Waals surface area contributed by atoms with Gasteiger partial charge in [0.05, 0.1) is 0 Å². The molecule has 1 nitrogen and oxygen atoms in total. The zero-order valence-electron chi connectivity index (χ0n) is 9.57. The molecule has 0 fully saturated rings. The second-order valence-electron chi connectivity index (χ2n) is 4.36. The van der Waals surface area contributed by atoms with E-state index in [0.29, 0.717) is 0 Å². The Morgan fingerprint density at radius 3 is 2.53 bits per heavy atom. The quantitative estimate of drug-likeness (QED) is 0.714. The van der Waals surface area contributed by atoms with Crippen LogP contribution in [0.3, 0.4) is 0 Å². The lowest BCUT2D eigenvalue weighted by molar-refractivity contribution is 0.627. The molecule has 1 aliphatic rings. The summed E-state index contributed by atoms with van der Waals surface area (Å²) >= 11 is 0. The third-order valence-corrected chi connectivity index (χ3v) is 3.25. The maximum Gasteiger partial charge on any atom is 0.123 e. The smallest absolute Gasteiger partial charge is 0.123 e. The van der Waals surface area contributed by atoms with E-state index in [1.165, 1.54) is 23.4 Å². The van der Waals surface area contributed by atoms with E-state index in [2.05, 4.69) is 29.2 Å². The van der Waals surface area contributed by atoms with Crippen LogP contribution in [-0.4, -0.2) is 6.54 Å². The molecule has 0 bridgehead atoms. The molecule has 17 heavy (non-hydrogen) atoms. The van der Waals surface area contributed by atoms with Crippen LogP contribution in [0.15, 0.2) is 48.5 Å². The van der Waals surface area contributed by atoms with Crippen molar-refractivity contribution in [1.82, 2.24) is 0 Å². The second kappa shape index (κ2) is 4.21. The Balaban J connectivity index is 2.03. The Kier molecular flexibility index (Phi) is 2.56. The van der Waals surface area contributed by atoms with Crippen molar-refractivity contribution in [1.29, 1.82) is 0 Å². The number of hydrogen-bond acceptors (Lipinski definition) is 1. The first kappa shape index (κ1) is 10.3. The first-order valence-electron chi connectivity index (χ1n) is 5.95. The number of benzene rings is 2. The number of nitrogens with zero attached hydrogens (tertiary/aromatic N) is 1. The van der Waals surface area contributed by atoms with Gasteiger partial charge < -0.3 is 4.90 Å². The first-order valence-corrected chi connectivity index (χ1v) is 5.95. The van der Waals surface area contributed by atoms with Gasteiger partial charge in [0.25, 0.3) is 0 Å². The summed E-state index contributed by atoms with van der Waals surface area (Å²) in [5, 5.41) is 0. The Hall–Kier alpha value is -1.83.